The molecule has 2 N–H and O–H groups in total. The zero-order chi connectivity index (χ0) is 16.8. The average Bonchev–Trinajstić information content (AvgIpc) is 2.54. The van der Waals surface area contributed by atoms with Crippen molar-refractivity contribution >= 4 is 11.8 Å². The van der Waals surface area contributed by atoms with E-state index in [1.807, 2.05) is 32.0 Å². The summed E-state index contributed by atoms with van der Waals surface area (Å²) in [4.78, 5) is 23.9. The fourth-order valence-electron chi connectivity index (χ4n) is 1.95. The second-order valence-electron chi connectivity index (χ2n) is 5.39. The van der Waals surface area contributed by atoms with Crippen molar-refractivity contribution in [2.75, 3.05) is 0 Å². The van der Waals surface area contributed by atoms with Crippen molar-refractivity contribution < 1.29 is 14.3 Å². The minimum Gasteiger partial charge on any atom is -0.481 e. The number of amides is 2. The fourth-order valence-corrected chi connectivity index (χ4v) is 1.95. The molecule has 0 saturated heterocycles. The molecule has 1 atom stereocenters. The smallest absolute Gasteiger partial charge is 0.279 e. The molecule has 0 heterocycles. The topological polar surface area (TPSA) is 67.4 Å². The number of rotatable bonds is 4. The van der Waals surface area contributed by atoms with Crippen molar-refractivity contribution in [1.82, 2.24) is 10.9 Å². The Morgan fingerprint density at radius 2 is 1.65 bits per heavy atom. The summed E-state index contributed by atoms with van der Waals surface area (Å²) in [7, 11) is 0. The summed E-state index contributed by atoms with van der Waals surface area (Å²) >= 11 is 0. The Bertz CT molecular complexity index is 696. The lowest BCUT2D eigenvalue weighted by Gasteiger charge is -2.15. The van der Waals surface area contributed by atoms with Gasteiger partial charge in [0.05, 0.1) is 0 Å². The van der Waals surface area contributed by atoms with Gasteiger partial charge in [0.25, 0.3) is 11.8 Å². The maximum atomic E-state index is 12.0. The van der Waals surface area contributed by atoms with Gasteiger partial charge in [0, 0.05) is 5.56 Å². The Hall–Kier alpha value is -2.82. The Kier molecular flexibility index (Phi) is 5.36. The van der Waals surface area contributed by atoms with Crippen LogP contribution >= 0.6 is 0 Å². The van der Waals surface area contributed by atoms with Crippen LogP contribution in [0.4, 0.5) is 0 Å². The molecule has 120 valence electrons. The summed E-state index contributed by atoms with van der Waals surface area (Å²) in [5.74, 6) is -0.195. The molecule has 0 aliphatic heterocycles. The third kappa shape index (κ3) is 4.85. The van der Waals surface area contributed by atoms with Crippen LogP contribution in [0.5, 0.6) is 5.75 Å². The van der Waals surface area contributed by atoms with E-state index < -0.39 is 12.0 Å². The second kappa shape index (κ2) is 7.45. The van der Waals surface area contributed by atoms with Gasteiger partial charge in [0.1, 0.15) is 5.75 Å². The van der Waals surface area contributed by atoms with Crippen molar-refractivity contribution in [3.8, 4) is 5.75 Å². The SMILES string of the molecule is Cc1ccc(O[C@H](C)C(=O)NNC(=O)c2cccc(C)c2)cc1. The highest BCUT2D eigenvalue weighted by molar-refractivity contribution is 5.95. The summed E-state index contributed by atoms with van der Waals surface area (Å²) in [5.41, 5.74) is 7.32. The highest BCUT2D eigenvalue weighted by Crippen LogP contribution is 2.13. The molecule has 2 rings (SSSR count). The summed E-state index contributed by atoms with van der Waals surface area (Å²) in [5, 5.41) is 0. The van der Waals surface area contributed by atoms with Gasteiger partial charge in [-0.05, 0) is 45.0 Å². The van der Waals surface area contributed by atoms with Crippen molar-refractivity contribution in [2.45, 2.75) is 26.9 Å². The van der Waals surface area contributed by atoms with Crippen molar-refractivity contribution in [3.63, 3.8) is 0 Å². The zero-order valence-corrected chi connectivity index (χ0v) is 13.4. The molecule has 0 aliphatic carbocycles. The standard InChI is InChI=1S/C18H20N2O3/c1-12-7-9-16(10-8-12)23-14(3)17(21)19-20-18(22)15-6-4-5-13(2)11-15/h4-11,14H,1-3H3,(H,19,21)(H,20,22)/t14-/m1/s1. The van der Waals surface area contributed by atoms with Crippen LogP contribution in [0.15, 0.2) is 48.5 Å². The van der Waals surface area contributed by atoms with E-state index in [4.69, 9.17) is 4.74 Å². The Morgan fingerprint density at radius 3 is 2.30 bits per heavy atom. The number of benzene rings is 2. The van der Waals surface area contributed by atoms with E-state index in [-0.39, 0.29) is 5.91 Å². The third-order valence-corrected chi connectivity index (χ3v) is 3.28. The van der Waals surface area contributed by atoms with Gasteiger partial charge < -0.3 is 4.74 Å². The van der Waals surface area contributed by atoms with Crippen LogP contribution in [-0.4, -0.2) is 17.9 Å². The normalized spacial score (nSPS) is 11.4. The van der Waals surface area contributed by atoms with E-state index in [1.54, 1.807) is 37.3 Å². The number of hydrogen-bond acceptors (Lipinski definition) is 3. The van der Waals surface area contributed by atoms with Crippen LogP contribution in [0, 0.1) is 13.8 Å². The van der Waals surface area contributed by atoms with E-state index in [9.17, 15) is 9.59 Å². The van der Waals surface area contributed by atoms with Crippen LogP contribution in [0.1, 0.15) is 28.4 Å². The van der Waals surface area contributed by atoms with Gasteiger partial charge in [-0.25, -0.2) is 0 Å². The minimum atomic E-state index is -0.726. The maximum Gasteiger partial charge on any atom is 0.279 e. The first-order valence-electron chi connectivity index (χ1n) is 7.36. The summed E-state index contributed by atoms with van der Waals surface area (Å²) < 4.78 is 5.52. The highest BCUT2D eigenvalue weighted by Gasteiger charge is 2.15. The number of carbonyl (C=O) groups is 2. The molecule has 2 aromatic carbocycles. The third-order valence-electron chi connectivity index (χ3n) is 3.28. The molecule has 0 fully saturated rings. The number of aryl methyl sites for hydroxylation is 2. The van der Waals surface area contributed by atoms with Gasteiger partial charge in [0.2, 0.25) is 0 Å². The molecule has 0 bridgehead atoms. The van der Waals surface area contributed by atoms with Crippen molar-refractivity contribution in [3.05, 3.63) is 65.2 Å². The molecule has 0 aromatic heterocycles. The number of ether oxygens (including phenoxy) is 1. The second-order valence-corrected chi connectivity index (χ2v) is 5.39. The molecule has 2 aromatic rings. The Labute approximate surface area is 135 Å². The lowest BCUT2D eigenvalue weighted by atomic mass is 10.1. The quantitative estimate of drug-likeness (QED) is 0.853. The van der Waals surface area contributed by atoms with Crippen LogP contribution in [0.3, 0.4) is 0 Å². The molecular weight excluding hydrogens is 292 g/mol. The van der Waals surface area contributed by atoms with Crippen molar-refractivity contribution in [2.24, 2.45) is 0 Å². The van der Waals surface area contributed by atoms with Crippen LogP contribution in [-0.2, 0) is 4.79 Å². The number of nitrogens with one attached hydrogen (secondary N) is 2. The van der Waals surface area contributed by atoms with Gasteiger partial charge in [-0.15, -0.1) is 0 Å². The molecule has 5 heteroatoms. The first-order valence-corrected chi connectivity index (χ1v) is 7.36. The Morgan fingerprint density at radius 1 is 0.957 bits per heavy atom. The van der Waals surface area contributed by atoms with Crippen LogP contribution < -0.4 is 15.6 Å². The van der Waals surface area contributed by atoms with E-state index in [0.29, 0.717) is 11.3 Å². The predicted molar refractivity (Wildman–Crippen MR) is 88.1 cm³/mol. The molecule has 23 heavy (non-hydrogen) atoms. The fraction of sp³-hybridized carbons (Fsp3) is 0.222. The molecule has 0 spiro atoms. The molecular formula is C18H20N2O3. The monoisotopic (exact) mass is 312 g/mol. The molecule has 0 aliphatic rings. The first kappa shape index (κ1) is 16.5. The van der Waals surface area contributed by atoms with Gasteiger partial charge in [-0.3, -0.25) is 20.4 Å². The van der Waals surface area contributed by atoms with E-state index in [2.05, 4.69) is 10.9 Å². The lowest BCUT2D eigenvalue weighted by molar-refractivity contribution is -0.128. The molecule has 0 saturated carbocycles. The number of carbonyl (C=O) groups excluding carboxylic acids is 2. The number of hydrazine groups is 1. The summed E-state index contributed by atoms with van der Waals surface area (Å²) in [6.45, 7) is 5.49. The minimum absolute atomic E-state index is 0.371. The van der Waals surface area contributed by atoms with Crippen molar-refractivity contribution in [1.29, 1.82) is 0 Å². The summed E-state index contributed by atoms with van der Waals surface area (Å²) in [6, 6.07) is 14.5. The Balaban J connectivity index is 1.86. The lowest BCUT2D eigenvalue weighted by Crippen LogP contribution is -2.47. The van der Waals surface area contributed by atoms with Gasteiger partial charge >= 0.3 is 0 Å². The predicted octanol–water partition coefficient (Wildman–Crippen LogP) is 2.53. The first-order chi connectivity index (χ1) is 11.0. The van der Waals surface area contributed by atoms with E-state index in [0.717, 1.165) is 11.1 Å². The van der Waals surface area contributed by atoms with Gasteiger partial charge in [-0.2, -0.15) is 0 Å². The number of hydrogen-bond donors (Lipinski definition) is 2. The van der Waals surface area contributed by atoms with Gasteiger partial charge in [0.15, 0.2) is 6.10 Å². The molecule has 5 nitrogen and oxygen atoms in total. The zero-order valence-electron chi connectivity index (χ0n) is 13.4. The van der Waals surface area contributed by atoms with Crippen LogP contribution in [0.25, 0.3) is 0 Å². The maximum absolute atomic E-state index is 12.0. The molecule has 2 amide bonds. The van der Waals surface area contributed by atoms with E-state index in [1.165, 1.54) is 0 Å². The van der Waals surface area contributed by atoms with Crippen LogP contribution in [0.2, 0.25) is 0 Å². The molecule has 0 unspecified atom stereocenters. The average molecular weight is 312 g/mol. The molecule has 0 radical (unpaired) electrons. The van der Waals surface area contributed by atoms with E-state index >= 15 is 0 Å². The largest absolute Gasteiger partial charge is 0.481 e. The highest BCUT2D eigenvalue weighted by atomic mass is 16.5. The summed E-state index contributed by atoms with van der Waals surface area (Å²) in [6.07, 6.45) is -0.726. The van der Waals surface area contributed by atoms with Gasteiger partial charge in [-0.1, -0.05) is 35.4 Å².